The fourth-order valence-electron chi connectivity index (χ4n) is 2.91. The van der Waals surface area contributed by atoms with Crippen LogP contribution in [0, 0.1) is 0 Å². The number of rotatable bonds is 4. The first-order valence-corrected chi connectivity index (χ1v) is 8.73. The van der Waals surface area contributed by atoms with Gasteiger partial charge in [0.05, 0.1) is 12.8 Å². The van der Waals surface area contributed by atoms with Gasteiger partial charge in [-0.15, -0.1) is 0 Å². The molecule has 2 aromatic rings. The number of thiazole rings is 1. The van der Waals surface area contributed by atoms with Crippen LogP contribution in [-0.2, 0) is 11.3 Å². The minimum atomic E-state index is -0.0507. The fourth-order valence-corrected chi connectivity index (χ4v) is 3.80. The van der Waals surface area contributed by atoms with Gasteiger partial charge in [-0.2, -0.15) is 0 Å². The standard InChI is InChI=1S/C17H21N3O3S/c1-12(21)20-8-6-19(7-9-20)11-15-16(18-17(22)24-15)13-4-3-5-14(10-13)23-2/h3-5,10H,6-9,11H2,1-2H3,(H,18,22). The Morgan fingerprint density at radius 2 is 2.04 bits per heavy atom. The van der Waals surface area contributed by atoms with E-state index in [1.807, 2.05) is 29.2 Å². The molecule has 0 spiro atoms. The zero-order valence-corrected chi connectivity index (χ0v) is 14.7. The molecule has 7 heteroatoms. The maximum atomic E-state index is 11.9. The Morgan fingerprint density at radius 3 is 2.71 bits per heavy atom. The summed E-state index contributed by atoms with van der Waals surface area (Å²) in [5.41, 5.74) is 1.81. The molecule has 3 rings (SSSR count). The summed E-state index contributed by atoms with van der Waals surface area (Å²) in [5.74, 6) is 0.888. The number of hydrogen-bond donors (Lipinski definition) is 1. The van der Waals surface area contributed by atoms with Crippen molar-refractivity contribution in [2.24, 2.45) is 0 Å². The second-order valence-corrected chi connectivity index (χ2v) is 6.89. The molecule has 0 unspecified atom stereocenters. The highest BCUT2D eigenvalue weighted by molar-refractivity contribution is 7.09. The molecule has 0 atom stereocenters. The molecule has 1 aromatic heterocycles. The number of carbonyl (C=O) groups excluding carboxylic acids is 1. The molecule has 0 bridgehead atoms. The van der Waals surface area contributed by atoms with Crippen molar-refractivity contribution < 1.29 is 9.53 Å². The Morgan fingerprint density at radius 1 is 1.29 bits per heavy atom. The molecule has 1 aliphatic rings. The monoisotopic (exact) mass is 347 g/mol. The minimum Gasteiger partial charge on any atom is -0.497 e. The van der Waals surface area contributed by atoms with E-state index in [9.17, 15) is 9.59 Å². The number of methoxy groups -OCH3 is 1. The molecule has 24 heavy (non-hydrogen) atoms. The number of aromatic amines is 1. The lowest BCUT2D eigenvalue weighted by atomic mass is 10.1. The van der Waals surface area contributed by atoms with Gasteiger partial charge in [-0.3, -0.25) is 14.5 Å². The number of piperazine rings is 1. The molecule has 0 aliphatic carbocycles. The Hall–Kier alpha value is -2.12. The largest absolute Gasteiger partial charge is 0.497 e. The summed E-state index contributed by atoms with van der Waals surface area (Å²) >= 11 is 1.25. The van der Waals surface area contributed by atoms with Gasteiger partial charge in [0.15, 0.2) is 0 Å². The fraction of sp³-hybridized carbons (Fsp3) is 0.412. The number of carbonyl (C=O) groups is 1. The van der Waals surface area contributed by atoms with Crippen molar-refractivity contribution in [2.75, 3.05) is 33.3 Å². The average Bonchev–Trinajstić information content (AvgIpc) is 2.96. The van der Waals surface area contributed by atoms with E-state index in [1.165, 1.54) is 11.3 Å². The topological polar surface area (TPSA) is 65.6 Å². The lowest BCUT2D eigenvalue weighted by Gasteiger charge is -2.34. The summed E-state index contributed by atoms with van der Waals surface area (Å²) in [4.78, 5) is 31.4. The number of H-pyrrole nitrogens is 1. The van der Waals surface area contributed by atoms with E-state index in [4.69, 9.17) is 4.74 Å². The third kappa shape index (κ3) is 3.68. The molecular formula is C17H21N3O3S. The summed E-state index contributed by atoms with van der Waals surface area (Å²) in [5, 5.41) is 0. The van der Waals surface area contributed by atoms with E-state index >= 15 is 0 Å². The van der Waals surface area contributed by atoms with Crippen LogP contribution in [0.5, 0.6) is 5.75 Å². The summed E-state index contributed by atoms with van der Waals surface area (Å²) < 4.78 is 5.27. The van der Waals surface area contributed by atoms with Crippen LogP contribution in [0.25, 0.3) is 11.3 Å². The number of ether oxygens (including phenoxy) is 1. The van der Waals surface area contributed by atoms with Gasteiger partial charge in [0.25, 0.3) is 0 Å². The van der Waals surface area contributed by atoms with Gasteiger partial charge in [0.1, 0.15) is 5.75 Å². The summed E-state index contributed by atoms with van der Waals surface area (Å²) in [6.45, 7) is 5.44. The van der Waals surface area contributed by atoms with Crippen molar-refractivity contribution in [1.82, 2.24) is 14.8 Å². The number of hydrogen-bond acceptors (Lipinski definition) is 5. The molecule has 1 fully saturated rings. The van der Waals surface area contributed by atoms with Crippen molar-refractivity contribution in [1.29, 1.82) is 0 Å². The molecule has 1 N–H and O–H groups in total. The second-order valence-electron chi connectivity index (χ2n) is 5.83. The number of aromatic nitrogens is 1. The molecule has 0 saturated carbocycles. The normalized spacial score (nSPS) is 15.5. The molecule has 1 amide bonds. The number of benzene rings is 1. The van der Waals surface area contributed by atoms with Gasteiger partial charge in [0, 0.05) is 50.1 Å². The highest BCUT2D eigenvalue weighted by atomic mass is 32.1. The van der Waals surface area contributed by atoms with Crippen LogP contribution in [0.2, 0.25) is 0 Å². The van der Waals surface area contributed by atoms with Crippen LogP contribution in [0.4, 0.5) is 0 Å². The quantitative estimate of drug-likeness (QED) is 0.916. The summed E-state index contributed by atoms with van der Waals surface area (Å²) in [7, 11) is 1.63. The Kier molecular flexibility index (Phi) is 5.01. The predicted molar refractivity (Wildman–Crippen MR) is 94.5 cm³/mol. The predicted octanol–water partition coefficient (Wildman–Crippen LogP) is 1.78. The summed E-state index contributed by atoms with van der Waals surface area (Å²) in [6, 6.07) is 7.70. The average molecular weight is 347 g/mol. The SMILES string of the molecule is COc1cccc(-c2[nH]c(=O)sc2CN2CCN(C(C)=O)CC2)c1. The van der Waals surface area contributed by atoms with Crippen molar-refractivity contribution in [3.05, 3.63) is 38.8 Å². The molecule has 1 aliphatic heterocycles. The smallest absolute Gasteiger partial charge is 0.305 e. The van der Waals surface area contributed by atoms with Crippen molar-refractivity contribution in [3.8, 4) is 17.0 Å². The van der Waals surface area contributed by atoms with Gasteiger partial charge in [-0.25, -0.2) is 0 Å². The number of nitrogens with zero attached hydrogens (tertiary/aromatic N) is 2. The molecular weight excluding hydrogens is 326 g/mol. The molecule has 1 aromatic carbocycles. The maximum absolute atomic E-state index is 11.9. The first-order valence-electron chi connectivity index (χ1n) is 7.91. The number of amides is 1. The van der Waals surface area contributed by atoms with E-state index in [0.29, 0.717) is 6.54 Å². The second kappa shape index (κ2) is 7.19. The van der Waals surface area contributed by atoms with Crippen LogP contribution in [0.3, 0.4) is 0 Å². The molecule has 6 nitrogen and oxygen atoms in total. The molecule has 0 radical (unpaired) electrons. The van der Waals surface area contributed by atoms with Crippen LogP contribution in [0.15, 0.2) is 29.1 Å². The van der Waals surface area contributed by atoms with E-state index in [1.54, 1.807) is 14.0 Å². The lowest BCUT2D eigenvalue weighted by molar-refractivity contribution is -0.130. The van der Waals surface area contributed by atoms with E-state index < -0.39 is 0 Å². The Labute approximate surface area is 144 Å². The number of nitrogens with one attached hydrogen (secondary N) is 1. The highest BCUT2D eigenvalue weighted by Gasteiger charge is 2.21. The first kappa shape index (κ1) is 16.7. The third-order valence-corrected chi connectivity index (χ3v) is 5.13. The molecule has 2 heterocycles. The van der Waals surface area contributed by atoms with Crippen LogP contribution in [-0.4, -0.2) is 54.0 Å². The van der Waals surface area contributed by atoms with Gasteiger partial charge < -0.3 is 14.6 Å². The zero-order chi connectivity index (χ0) is 17.1. The zero-order valence-electron chi connectivity index (χ0n) is 13.9. The van der Waals surface area contributed by atoms with Crippen LogP contribution < -0.4 is 9.61 Å². The highest BCUT2D eigenvalue weighted by Crippen LogP contribution is 2.27. The van der Waals surface area contributed by atoms with Gasteiger partial charge in [-0.1, -0.05) is 23.5 Å². The minimum absolute atomic E-state index is 0.0507. The van der Waals surface area contributed by atoms with Crippen LogP contribution in [0.1, 0.15) is 11.8 Å². The van der Waals surface area contributed by atoms with Gasteiger partial charge in [-0.05, 0) is 12.1 Å². The van der Waals surface area contributed by atoms with Gasteiger partial charge >= 0.3 is 4.87 Å². The van der Waals surface area contributed by atoms with E-state index in [2.05, 4.69) is 9.88 Å². The van der Waals surface area contributed by atoms with Crippen molar-refractivity contribution in [3.63, 3.8) is 0 Å². The molecule has 128 valence electrons. The third-order valence-electron chi connectivity index (χ3n) is 4.27. The lowest BCUT2D eigenvalue weighted by Crippen LogP contribution is -2.47. The van der Waals surface area contributed by atoms with Crippen molar-refractivity contribution >= 4 is 17.2 Å². The Bertz CT molecular complexity index is 775. The first-order chi connectivity index (χ1) is 11.6. The van der Waals surface area contributed by atoms with Gasteiger partial charge in [0.2, 0.25) is 5.91 Å². The maximum Gasteiger partial charge on any atom is 0.305 e. The van der Waals surface area contributed by atoms with Crippen molar-refractivity contribution in [2.45, 2.75) is 13.5 Å². The summed E-state index contributed by atoms with van der Waals surface area (Å²) in [6.07, 6.45) is 0. The Balaban J connectivity index is 1.77. The molecule has 1 saturated heterocycles. The van der Waals surface area contributed by atoms with Crippen LogP contribution >= 0.6 is 11.3 Å². The van der Waals surface area contributed by atoms with E-state index in [0.717, 1.165) is 48.1 Å². The van der Waals surface area contributed by atoms with E-state index in [-0.39, 0.29) is 10.8 Å².